The predicted molar refractivity (Wildman–Crippen MR) is 119 cm³/mol. The summed E-state index contributed by atoms with van der Waals surface area (Å²) >= 11 is 0. The monoisotopic (exact) mass is 466 g/mol. The number of fused-ring (bicyclic) bond motifs is 3. The van der Waals surface area contributed by atoms with Crippen LogP contribution in [0, 0.1) is 11.6 Å². The second-order valence-corrected chi connectivity index (χ2v) is 7.77. The number of hydrogen-bond acceptors (Lipinski definition) is 4. The standard InChI is InChI=1S/C25H20F2N2O5/c26-14-9-15(27)11-16(10-14)28-24(32)22(12-23(30)31)29-25(33)34-13-21-19-7-3-1-5-17(19)18-6-2-4-8-20(18)21/h1-11,21-22H,12-13H2,(H,28,32)(H,29,33)(H,30,31). The maximum absolute atomic E-state index is 13.4. The number of aliphatic carboxylic acids is 1. The summed E-state index contributed by atoms with van der Waals surface area (Å²) in [6.45, 7) is -0.0314. The van der Waals surface area contributed by atoms with Gasteiger partial charge in [-0.05, 0) is 34.4 Å². The van der Waals surface area contributed by atoms with Gasteiger partial charge in [-0.1, -0.05) is 48.5 Å². The predicted octanol–water partition coefficient (Wildman–Crippen LogP) is 4.29. The van der Waals surface area contributed by atoms with E-state index in [9.17, 15) is 23.2 Å². The Morgan fingerprint density at radius 1 is 0.912 bits per heavy atom. The third kappa shape index (κ3) is 5.03. The molecular weight excluding hydrogens is 446 g/mol. The minimum Gasteiger partial charge on any atom is -0.481 e. The Bertz CT molecular complexity index is 1200. The van der Waals surface area contributed by atoms with Crippen molar-refractivity contribution in [1.29, 1.82) is 0 Å². The molecule has 0 aromatic heterocycles. The molecule has 0 spiro atoms. The molecule has 0 saturated carbocycles. The lowest BCUT2D eigenvalue weighted by Gasteiger charge is -2.19. The lowest BCUT2D eigenvalue weighted by atomic mass is 9.98. The van der Waals surface area contributed by atoms with Crippen LogP contribution < -0.4 is 10.6 Å². The topological polar surface area (TPSA) is 105 Å². The highest BCUT2D eigenvalue weighted by Crippen LogP contribution is 2.44. The number of carbonyl (C=O) groups is 3. The van der Waals surface area contributed by atoms with Crippen LogP contribution in [-0.2, 0) is 14.3 Å². The van der Waals surface area contributed by atoms with E-state index in [2.05, 4.69) is 10.6 Å². The fraction of sp³-hybridized carbons (Fsp3) is 0.160. The number of hydrogen-bond donors (Lipinski definition) is 3. The van der Waals surface area contributed by atoms with E-state index in [4.69, 9.17) is 9.84 Å². The van der Waals surface area contributed by atoms with Crippen LogP contribution in [0.2, 0.25) is 0 Å². The number of halogens is 2. The smallest absolute Gasteiger partial charge is 0.407 e. The molecule has 3 aromatic rings. The summed E-state index contributed by atoms with van der Waals surface area (Å²) in [5.74, 6) is -4.38. The number of alkyl carbamates (subject to hydrolysis) is 1. The van der Waals surface area contributed by atoms with Crippen LogP contribution in [0.1, 0.15) is 23.5 Å². The van der Waals surface area contributed by atoms with Crippen molar-refractivity contribution in [2.45, 2.75) is 18.4 Å². The van der Waals surface area contributed by atoms with Crippen LogP contribution in [0.25, 0.3) is 11.1 Å². The van der Waals surface area contributed by atoms with Gasteiger partial charge >= 0.3 is 12.1 Å². The van der Waals surface area contributed by atoms with Crippen molar-refractivity contribution in [1.82, 2.24) is 5.32 Å². The van der Waals surface area contributed by atoms with Gasteiger partial charge in [0.25, 0.3) is 0 Å². The zero-order valence-corrected chi connectivity index (χ0v) is 17.8. The Balaban J connectivity index is 1.43. The molecule has 1 atom stereocenters. The maximum Gasteiger partial charge on any atom is 0.407 e. The van der Waals surface area contributed by atoms with Crippen molar-refractivity contribution < 1.29 is 33.0 Å². The molecule has 0 bridgehead atoms. The number of carboxylic acid groups (broad SMARTS) is 1. The van der Waals surface area contributed by atoms with E-state index in [1.165, 1.54) is 0 Å². The van der Waals surface area contributed by atoms with Crippen LogP contribution in [0.15, 0.2) is 66.7 Å². The number of ether oxygens (including phenoxy) is 1. The van der Waals surface area contributed by atoms with Gasteiger partial charge < -0.3 is 20.5 Å². The highest BCUT2D eigenvalue weighted by atomic mass is 19.1. The third-order valence-electron chi connectivity index (χ3n) is 5.46. The number of carboxylic acids is 1. The van der Waals surface area contributed by atoms with Gasteiger partial charge in [-0.3, -0.25) is 9.59 Å². The molecule has 0 heterocycles. The van der Waals surface area contributed by atoms with Crippen molar-refractivity contribution in [2.24, 2.45) is 0 Å². The average molecular weight is 466 g/mol. The molecule has 34 heavy (non-hydrogen) atoms. The van der Waals surface area contributed by atoms with E-state index in [-0.39, 0.29) is 18.2 Å². The molecule has 9 heteroatoms. The molecule has 0 saturated heterocycles. The highest BCUT2D eigenvalue weighted by molar-refractivity contribution is 5.98. The van der Waals surface area contributed by atoms with Crippen LogP contribution >= 0.6 is 0 Å². The van der Waals surface area contributed by atoms with Crippen molar-refractivity contribution in [3.05, 3.63) is 89.5 Å². The molecule has 3 N–H and O–H groups in total. The minimum atomic E-state index is -1.53. The number of nitrogens with one attached hydrogen (secondary N) is 2. The summed E-state index contributed by atoms with van der Waals surface area (Å²) in [6, 6.07) is 16.3. The van der Waals surface area contributed by atoms with Crippen LogP contribution in [0.5, 0.6) is 0 Å². The van der Waals surface area contributed by atoms with E-state index in [0.29, 0.717) is 6.07 Å². The number of amides is 2. The molecule has 1 aliphatic rings. The molecule has 0 fully saturated rings. The molecular formula is C25H20F2N2O5. The van der Waals surface area contributed by atoms with Crippen molar-refractivity contribution >= 4 is 23.7 Å². The third-order valence-corrected chi connectivity index (χ3v) is 5.46. The number of carbonyl (C=O) groups excluding carboxylic acids is 2. The van der Waals surface area contributed by atoms with Crippen LogP contribution in [-0.4, -0.2) is 35.7 Å². The molecule has 4 rings (SSSR count). The van der Waals surface area contributed by atoms with E-state index < -0.39 is 42.1 Å². The molecule has 3 aromatic carbocycles. The normalized spacial score (nSPS) is 12.9. The Morgan fingerprint density at radius 2 is 1.47 bits per heavy atom. The quantitative estimate of drug-likeness (QED) is 0.482. The highest BCUT2D eigenvalue weighted by Gasteiger charge is 2.30. The van der Waals surface area contributed by atoms with E-state index in [0.717, 1.165) is 34.4 Å². The van der Waals surface area contributed by atoms with E-state index in [1.807, 2.05) is 48.5 Å². The van der Waals surface area contributed by atoms with Crippen LogP contribution in [0.3, 0.4) is 0 Å². The fourth-order valence-corrected chi connectivity index (χ4v) is 4.02. The van der Waals surface area contributed by atoms with Gasteiger partial charge in [0.2, 0.25) is 5.91 Å². The van der Waals surface area contributed by atoms with Crippen LogP contribution in [0.4, 0.5) is 19.3 Å². The Kier molecular flexibility index (Phi) is 6.53. The molecule has 2 amide bonds. The van der Waals surface area contributed by atoms with Gasteiger partial charge in [-0.2, -0.15) is 0 Å². The fourth-order valence-electron chi connectivity index (χ4n) is 4.02. The molecule has 0 aliphatic heterocycles. The minimum absolute atomic E-state index is 0.0314. The zero-order chi connectivity index (χ0) is 24.2. The second kappa shape index (κ2) is 9.70. The van der Waals surface area contributed by atoms with Gasteiger partial charge in [-0.25, -0.2) is 13.6 Å². The first-order valence-electron chi connectivity index (χ1n) is 10.4. The van der Waals surface area contributed by atoms with Crippen molar-refractivity contribution in [3.63, 3.8) is 0 Å². The van der Waals surface area contributed by atoms with E-state index >= 15 is 0 Å². The van der Waals surface area contributed by atoms with Gasteiger partial charge in [-0.15, -0.1) is 0 Å². The Labute approximate surface area is 193 Å². The first-order chi connectivity index (χ1) is 16.3. The first-order valence-corrected chi connectivity index (χ1v) is 10.4. The first kappa shape index (κ1) is 22.9. The lowest BCUT2D eigenvalue weighted by molar-refractivity contribution is -0.139. The number of anilines is 1. The summed E-state index contributed by atoms with van der Waals surface area (Å²) < 4.78 is 32.1. The maximum atomic E-state index is 13.4. The Hall–Kier alpha value is -4.27. The molecule has 1 aliphatic carbocycles. The van der Waals surface area contributed by atoms with Gasteiger partial charge in [0, 0.05) is 17.7 Å². The molecule has 1 unspecified atom stereocenters. The van der Waals surface area contributed by atoms with Crippen molar-refractivity contribution in [3.8, 4) is 11.1 Å². The molecule has 174 valence electrons. The second-order valence-electron chi connectivity index (χ2n) is 7.77. The lowest BCUT2D eigenvalue weighted by Crippen LogP contribution is -2.45. The van der Waals surface area contributed by atoms with Gasteiger partial charge in [0.1, 0.15) is 24.3 Å². The zero-order valence-electron chi connectivity index (χ0n) is 17.8. The van der Waals surface area contributed by atoms with Crippen molar-refractivity contribution in [2.75, 3.05) is 11.9 Å². The summed E-state index contributed by atoms with van der Waals surface area (Å²) in [5, 5.41) is 13.6. The molecule has 0 radical (unpaired) electrons. The average Bonchev–Trinajstić information content (AvgIpc) is 3.10. The van der Waals surface area contributed by atoms with Gasteiger partial charge in [0.05, 0.1) is 6.42 Å². The molecule has 7 nitrogen and oxygen atoms in total. The Morgan fingerprint density at radius 3 is 2.03 bits per heavy atom. The van der Waals surface area contributed by atoms with Gasteiger partial charge in [0.15, 0.2) is 0 Å². The van der Waals surface area contributed by atoms with E-state index in [1.54, 1.807) is 0 Å². The summed E-state index contributed by atoms with van der Waals surface area (Å²) in [6.07, 6.45) is -1.75. The largest absolute Gasteiger partial charge is 0.481 e. The number of rotatable bonds is 7. The summed E-state index contributed by atoms with van der Waals surface area (Å²) in [7, 11) is 0. The number of benzene rings is 3. The summed E-state index contributed by atoms with van der Waals surface area (Å²) in [4.78, 5) is 36.2. The SMILES string of the molecule is O=C(O)CC(NC(=O)OCC1c2ccccc2-c2ccccc21)C(=O)Nc1cc(F)cc(F)c1. The summed E-state index contributed by atoms with van der Waals surface area (Å²) in [5.41, 5.74) is 3.84.